The van der Waals surface area contributed by atoms with E-state index in [0.29, 0.717) is 0 Å². The summed E-state index contributed by atoms with van der Waals surface area (Å²) in [4.78, 5) is 2.45. The molecule has 0 saturated heterocycles. The minimum Gasteiger partial charge on any atom is -0.456 e. The maximum Gasteiger partial charge on any atom is 0.140 e. The topological polar surface area (TPSA) is 25.6 Å². The molecule has 0 N–H and O–H groups in total. The highest BCUT2D eigenvalue weighted by molar-refractivity contribution is 6.07. The molecular formula is C76H47NO2. The van der Waals surface area contributed by atoms with Gasteiger partial charge in [-0.05, 0) is 132 Å². The maximum atomic E-state index is 7.30. The summed E-state index contributed by atoms with van der Waals surface area (Å²) in [5.74, 6) is 1.83. The predicted octanol–water partition coefficient (Wildman–Crippen LogP) is 19.9. The molecule has 0 radical (unpaired) electrons. The Morgan fingerprint density at radius 3 is 1.44 bits per heavy atom. The molecule has 0 bridgehead atoms. The van der Waals surface area contributed by atoms with Gasteiger partial charge in [0.05, 0.1) is 10.8 Å². The van der Waals surface area contributed by atoms with Crippen LogP contribution in [0.5, 0.6) is 11.5 Å². The number of nitrogens with zero attached hydrogens (tertiary/aromatic N) is 1. The van der Waals surface area contributed by atoms with Crippen LogP contribution in [-0.4, -0.2) is 0 Å². The zero-order valence-electron chi connectivity index (χ0n) is 42.9. The van der Waals surface area contributed by atoms with Crippen molar-refractivity contribution in [3.63, 3.8) is 0 Å². The van der Waals surface area contributed by atoms with E-state index in [2.05, 4.69) is 284 Å². The van der Waals surface area contributed by atoms with E-state index in [4.69, 9.17) is 9.15 Å². The summed E-state index contributed by atoms with van der Waals surface area (Å²) < 4.78 is 13.8. The Kier molecular flexibility index (Phi) is 9.26. The highest BCUT2D eigenvalue weighted by atomic mass is 16.5. The quantitative estimate of drug-likeness (QED) is 0.166. The molecule has 2 aliphatic carbocycles. The summed E-state index contributed by atoms with van der Waals surface area (Å²) in [5.41, 5.74) is 20.7. The SMILES string of the molecule is c1ccc(C2(c3ccccc3)c3ccccc3-c3ccc(N(c4cccc(-c5ccc6c(c5)C5(c7ccccc7-6)c6ccc7ccccc7c6Oc6c5ccc5ccccc65)c4)c4ccc5oc6ccccc6c5c4)cc32)cc1. The van der Waals surface area contributed by atoms with Crippen molar-refractivity contribution in [2.24, 2.45) is 0 Å². The first kappa shape index (κ1) is 44.0. The molecule has 2 heterocycles. The molecule has 3 nitrogen and oxygen atoms in total. The Bertz CT molecular complexity index is 4710. The molecule has 14 aromatic rings. The molecule has 1 aromatic heterocycles. The number of hydrogen-bond acceptors (Lipinski definition) is 3. The number of hydrogen-bond donors (Lipinski definition) is 0. The van der Waals surface area contributed by atoms with E-state index in [1.54, 1.807) is 0 Å². The van der Waals surface area contributed by atoms with Gasteiger partial charge in [-0.15, -0.1) is 0 Å². The van der Waals surface area contributed by atoms with Crippen molar-refractivity contribution >= 4 is 60.5 Å². The van der Waals surface area contributed by atoms with Crippen LogP contribution in [0.15, 0.2) is 290 Å². The molecule has 0 amide bonds. The molecule has 3 aliphatic rings. The molecule has 17 rings (SSSR count). The third-order valence-electron chi connectivity index (χ3n) is 17.6. The summed E-state index contributed by atoms with van der Waals surface area (Å²) in [6.07, 6.45) is 0. The first-order valence-corrected chi connectivity index (χ1v) is 27.3. The number of furan rings is 1. The summed E-state index contributed by atoms with van der Waals surface area (Å²) in [6, 6.07) is 105. The van der Waals surface area contributed by atoms with E-state index in [-0.39, 0.29) is 0 Å². The van der Waals surface area contributed by atoms with Gasteiger partial charge in [-0.3, -0.25) is 0 Å². The standard InChI is InChI=1S/C76H47NO2/c1-3-21-52(22-4-1)75(53-23-5-2-6-24-53)65-31-14-11-28-59(65)62-40-37-56(47-70(62)75)77(55-38-43-72-64(46-55)63-30-13-16-33-71(63)78-72)54-25-17-20-50(44-54)51-34-39-61-60-29-12-15-32-66(60)76(69(61)45-51)67-41-35-48-18-7-9-26-57(48)73(67)79-74-58-27-10-8-19-49(58)36-42-68(74)76/h1-47H. The summed E-state index contributed by atoms with van der Waals surface area (Å²) in [7, 11) is 0. The molecule has 1 aliphatic heterocycles. The maximum absolute atomic E-state index is 7.30. The van der Waals surface area contributed by atoms with Gasteiger partial charge < -0.3 is 14.1 Å². The highest BCUT2D eigenvalue weighted by Gasteiger charge is 2.52. The summed E-state index contributed by atoms with van der Waals surface area (Å²) in [5, 5.41) is 6.69. The lowest BCUT2D eigenvalue weighted by molar-refractivity contribution is 0.447. The van der Waals surface area contributed by atoms with Gasteiger partial charge >= 0.3 is 0 Å². The summed E-state index contributed by atoms with van der Waals surface area (Å²) in [6.45, 7) is 0. The van der Waals surface area contributed by atoms with E-state index in [1.165, 1.54) is 55.6 Å². The predicted molar refractivity (Wildman–Crippen MR) is 324 cm³/mol. The van der Waals surface area contributed by atoms with E-state index in [9.17, 15) is 0 Å². The van der Waals surface area contributed by atoms with Crippen molar-refractivity contribution in [2.75, 3.05) is 4.90 Å². The lowest BCUT2D eigenvalue weighted by Gasteiger charge is -2.40. The van der Waals surface area contributed by atoms with E-state index in [0.717, 1.165) is 94.3 Å². The molecule has 0 atom stereocenters. The number of benzene rings is 13. The molecule has 0 unspecified atom stereocenters. The first-order chi connectivity index (χ1) is 39.2. The average Bonchev–Trinajstić information content (AvgIpc) is 3.52. The second-order valence-corrected chi connectivity index (χ2v) is 21.4. The minimum absolute atomic E-state index is 0.569. The molecular weight excluding hydrogens is 959 g/mol. The average molecular weight is 1010 g/mol. The van der Waals surface area contributed by atoms with Gasteiger partial charge in [-0.25, -0.2) is 0 Å². The Labute approximate surface area is 457 Å². The van der Waals surface area contributed by atoms with Gasteiger partial charge in [0.1, 0.15) is 22.7 Å². The summed E-state index contributed by atoms with van der Waals surface area (Å²) >= 11 is 0. The van der Waals surface area contributed by atoms with Gasteiger partial charge in [0.25, 0.3) is 0 Å². The molecule has 368 valence electrons. The monoisotopic (exact) mass is 1010 g/mol. The lowest BCUT2D eigenvalue weighted by atomic mass is 9.65. The van der Waals surface area contributed by atoms with Crippen LogP contribution < -0.4 is 9.64 Å². The zero-order chi connectivity index (χ0) is 51.8. The fourth-order valence-corrected chi connectivity index (χ4v) is 14.3. The number of ether oxygens (including phenoxy) is 1. The zero-order valence-corrected chi connectivity index (χ0v) is 42.9. The second kappa shape index (κ2) is 16.6. The number of fused-ring (bicyclic) bond motifs is 19. The van der Waals surface area contributed by atoms with Crippen LogP contribution in [0.4, 0.5) is 17.1 Å². The van der Waals surface area contributed by atoms with Gasteiger partial charge in [0.15, 0.2) is 0 Å². The largest absolute Gasteiger partial charge is 0.456 e. The van der Waals surface area contributed by atoms with Crippen molar-refractivity contribution in [1.29, 1.82) is 0 Å². The first-order valence-electron chi connectivity index (χ1n) is 27.3. The van der Waals surface area contributed by atoms with Crippen LogP contribution >= 0.6 is 0 Å². The fraction of sp³-hybridized carbons (Fsp3) is 0.0263. The normalized spacial score (nSPS) is 13.9. The third-order valence-corrected chi connectivity index (χ3v) is 17.6. The Hall–Kier alpha value is -10.2. The van der Waals surface area contributed by atoms with Crippen molar-refractivity contribution in [1.82, 2.24) is 0 Å². The van der Waals surface area contributed by atoms with Crippen molar-refractivity contribution < 1.29 is 9.15 Å². The number of rotatable bonds is 6. The van der Waals surface area contributed by atoms with Crippen molar-refractivity contribution in [3.05, 3.63) is 330 Å². The Balaban J connectivity index is 0.896. The Morgan fingerprint density at radius 1 is 0.266 bits per heavy atom. The molecule has 13 aromatic carbocycles. The van der Waals surface area contributed by atoms with Gasteiger partial charge in [-0.1, -0.05) is 231 Å². The highest BCUT2D eigenvalue weighted by Crippen LogP contribution is 2.65. The van der Waals surface area contributed by atoms with Crippen LogP contribution in [0, 0.1) is 0 Å². The fourth-order valence-electron chi connectivity index (χ4n) is 14.3. The molecule has 1 spiro atoms. The van der Waals surface area contributed by atoms with Gasteiger partial charge in [0, 0.05) is 49.7 Å². The van der Waals surface area contributed by atoms with E-state index >= 15 is 0 Å². The van der Waals surface area contributed by atoms with E-state index < -0.39 is 10.8 Å². The second-order valence-electron chi connectivity index (χ2n) is 21.4. The van der Waals surface area contributed by atoms with E-state index in [1.807, 2.05) is 6.07 Å². The van der Waals surface area contributed by atoms with Crippen molar-refractivity contribution in [2.45, 2.75) is 10.8 Å². The van der Waals surface area contributed by atoms with Crippen LogP contribution in [0.25, 0.3) is 76.9 Å². The lowest BCUT2D eigenvalue weighted by Crippen LogP contribution is -2.32. The number of anilines is 3. The third kappa shape index (κ3) is 6.07. The van der Waals surface area contributed by atoms with Crippen LogP contribution in [0.2, 0.25) is 0 Å². The van der Waals surface area contributed by atoms with Crippen molar-refractivity contribution in [3.8, 4) is 44.9 Å². The molecule has 0 fully saturated rings. The molecule has 79 heavy (non-hydrogen) atoms. The number of para-hydroxylation sites is 1. The van der Waals surface area contributed by atoms with Gasteiger partial charge in [-0.2, -0.15) is 0 Å². The molecule has 3 heteroatoms. The Morgan fingerprint density at radius 2 is 0.759 bits per heavy atom. The van der Waals surface area contributed by atoms with Crippen LogP contribution in [0.1, 0.15) is 44.5 Å². The van der Waals surface area contributed by atoms with Crippen LogP contribution in [-0.2, 0) is 10.8 Å². The van der Waals surface area contributed by atoms with Crippen LogP contribution in [0.3, 0.4) is 0 Å². The molecule has 0 saturated carbocycles. The smallest absolute Gasteiger partial charge is 0.140 e. The van der Waals surface area contributed by atoms with Gasteiger partial charge in [0.2, 0.25) is 0 Å². The minimum atomic E-state index is -0.669.